The quantitative estimate of drug-likeness (QED) is 0.919. The zero-order valence-electron chi connectivity index (χ0n) is 11.8. The van der Waals surface area contributed by atoms with Crippen LogP contribution in [0, 0.1) is 6.92 Å². The van der Waals surface area contributed by atoms with Crippen LogP contribution in [0.15, 0.2) is 12.1 Å². The maximum atomic E-state index is 5.99. The lowest BCUT2D eigenvalue weighted by molar-refractivity contribution is 0.152. The number of hydrogen-bond acceptors (Lipinski definition) is 4. The molecule has 3 heterocycles. The molecule has 3 nitrogen and oxygen atoms in total. The number of likely N-dealkylation sites (tertiary alicyclic amines) is 2. The van der Waals surface area contributed by atoms with Crippen LogP contribution in [0.3, 0.4) is 0 Å². The largest absolute Gasteiger partial charge is 0.328 e. The SMILES string of the molecule is Cc1ccc(CN2CCC(N3CCC(N)CC3)C2)s1. The van der Waals surface area contributed by atoms with E-state index in [0.29, 0.717) is 6.04 Å². The zero-order chi connectivity index (χ0) is 13.2. The van der Waals surface area contributed by atoms with Crippen LogP contribution in [-0.4, -0.2) is 48.1 Å². The van der Waals surface area contributed by atoms with E-state index in [0.717, 1.165) is 12.6 Å². The van der Waals surface area contributed by atoms with E-state index in [1.54, 1.807) is 0 Å². The van der Waals surface area contributed by atoms with E-state index in [1.165, 1.54) is 55.2 Å². The van der Waals surface area contributed by atoms with Gasteiger partial charge in [-0.3, -0.25) is 9.80 Å². The van der Waals surface area contributed by atoms with E-state index in [-0.39, 0.29) is 0 Å². The van der Waals surface area contributed by atoms with E-state index < -0.39 is 0 Å². The van der Waals surface area contributed by atoms with Gasteiger partial charge in [-0.15, -0.1) is 11.3 Å². The van der Waals surface area contributed by atoms with Gasteiger partial charge in [0.2, 0.25) is 0 Å². The van der Waals surface area contributed by atoms with Crippen molar-refractivity contribution in [1.29, 1.82) is 0 Å². The Morgan fingerprint density at radius 3 is 2.68 bits per heavy atom. The fourth-order valence-electron chi connectivity index (χ4n) is 3.33. The first-order valence-corrected chi connectivity index (χ1v) is 8.29. The zero-order valence-corrected chi connectivity index (χ0v) is 12.7. The van der Waals surface area contributed by atoms with Gasteiger partial charge in [0.05, 0.1) is 0 Å². The Balaban J connectivity index is 1.50. The van der Waals surface area contributed by atoms with Crippen LogP contribution in [0.25, 0.3) is 0 Å². The molecular formula is C15H25N3S. The number of piperidine rings is 1. The highest BCUT2D eigenvalue weighted by Gasteiger charge is 2.29. The summed E-state index contributed by atoms with van der Waals surface area (Å²) >= 11 is 1.94. The molecule has 2 aliphatic rings. The van der Waals surface area contributed by atoms with E-state index >= 15 is 0 Å². The minimum atomic E-state index is 0.447. The summed E-state index contributed by atoms with van der Waals surface area (Å²) in [6, 6.07) is 5.74. The second-order valence-corrected chi connectivity index (χ2v) is 7.44. The molecule has 3 rings (SSSR count). The molecule has 0 aromatic carbocycles. The van der Waals surface area contributed by atoms with Crippen LogP contribution in [-0.2, 0) is 6.54 Å². The van der Waals surface area contributed by atoms with Crippen molar-refractivity contribution in [3.63, 3.8) is 0 Å². The van der Waals surface area contributed by atoms with Crippen molar-refractivity contribution < 1.29 is 0 Å². The van der Waals surface area contributed by atoms with Crippen molar-refractivity contribution in [2.75, 3.05) is 26.2 Å². The van der Waals surface area contributed by atoms with Crippen LogP contribution in [0.2, 0.25) is 0 Å². The smallest absolute Gasteiger partial charge is 0.0328 e. The molecule has 0 radical (unpaired) electrons. The van der Waals surface area contributed by atoms with Gasteiger partial charge >= 0.3 is 0 Å². The molecule has 0 spiro atoms. The van der Waals surface area contributed by atoms with Gasteiger partial charge in [0.1, 0.15) is 0 Å². The third-order valence-corrected chi connectivity index (χ3v) is 5.50. The van der Waals surface area contributed by atoms with Gasteiger partial charge in [0.15, 0.2) is 0 Å². The standard InChI is InChI=1S/C15H25N3S/c1-12-2-3-15(19-12)11-17-7-6-14(10-17)18-8-4-13(16)5-9-18/h2-3,13-14H,4-11,16H2,1H3. The first-order chi connectivity index (χ1) is 9.20. The third kappa shape index (κ3) is 3.37. The highest BCUT2D eigenvalue weighted by atomic mass is 32.1. The van der Waals surface area contributed by atoms with E-state index in [1.807, 2.05) is 11.3 Å². The highest BCUT2D eigenvalue weighted by molar-refractivity contribution is 7.11. The summed E-state index contributed by atoms with van der Waals surface area (Å²) < 4.78 is 0. The van der Waals surface area contributed by atoms with Gasteiger partial charge in [-0.1, -0.05) is 0 Å². The first-order valence-electron chi connectivity index (χ1n) is 7.48. The molecule has 0 aliphatic carbocycles. The van der Waals surface area contributed by atoms with Crippen molar-refractivity contribution in [3.05, 3.63) is 21.9 Å². The normalized spacial score (nSPS) is 27.2. The van der Waals surface area contributed by atoms with Gasteiger partial charge in [-0.2, -0.15) is 0 Å². The molecule has 1 unspecified atom stereocenters. The molecule has 2 saturated heterocycles. The van der Waals surface area contributed by atoms with Gasteiger partial charge in [0.25, 0.3) is 0 Å². The van der Waals surface area contributed by atoms with Crippen LogP contribution in [0.4, 0.5) is 0 Å². The van der Waals surface area contributed by atoms with Gasteiger partial charge in [0, 0.05) is 41.5 Å². The van der Waals surface area contributed by atoms with Crippen molar-refractivity contribution in [3.8, 4) is 0 Å². The van der Waals surface area contributed by atoms with Gasteiger partial charge < -0.3 is 5.73 Å². The lowest BCUT2D eigenvalue weighted by Gasteiger charge is -2.34. The fraction of sp³-hybridized carbons (Fsp3) is 0.733. The summed E-state index contributed by atoms with van der Waals surface area (Å²) in [6.07, 6.45) is 3.70. The Kier molecular flexibility index (Phi) is 4.22. The molecule has 19 heavy (non-hydrogen) atoms. The molecule has 0 bridgehead atoms. The topological polar surface area (TPSA) is 32.5 Å². The van der Waals surface area contributed by atoms with Gasteiger partial charge in [-0.05, 0) is 51.4 Å². The number of hydrogen-bond donors (Lipinski definition) is 1. The predicted molar refractivity (Wildman–Crippen MR) is 81.5 cm³/mol. The number of rotatable bonds is 3. The molecule has 4 heteroatoms. The Morgan fingerprint density at radius 1 is 1.21 bits per heavy atom. The molecule has 1 atom stereocenters. The Hall–Kier alpha value is -0.420. The Bertz CT molecular complexity index is 409. The average Bonchev–Trinajstić information content (AvgIpc) is 3.00. The number of thiophene rings is 1. The number of nitrogens with two attached hydrogens (primary N) is 1. The minimum Gasteiger partial charge on any atom is -0.328 e. The summed E-state index contributed by atoms with van der Waals surface area (Å²) in [5.74, 6) is 0. The van der Waals surface area contributed by atoms with Crippen molar-refractivity contribution >= 4 is 11.3 Å². The molecule has 106 valence electrons. The summed E-state index contributed by atoms with van der Waals surface area (Å²) in [4.78, 5) is 8.22. The van der Waals surface area contributed by atoms with Crippen LogP contribution in [0.5, 0.6) is 0 Å². The summed E-state index contributed by atoms with van der Waals surface area (Å²) in [6.45, 7) is 8.24. The molecule has 2 N–H and O–H groups in total. The van der Waals surface area contributed by atoms with Crippen LogP contribution in [0.1, 0.15) is 29.0 Å². The Morgan fingerprint density at radius 2 is 2.00 bits per heavy atom. The first kappa shape index (κ1) is 13.6. The fourth-order valence-corrected chi connectivity index (χ4v) is 4.26. The summed E-state index contributed by atoms with van der Waals surface area (Å²) in [5.41, 5.74) is 5.99. The molecule has 2 aliphatic heterocycles. The van der Waals surface area contributed by atoms with Crippen molar-refractivity contribution in [2.24, 2.45) is 5.73 Å². The maximum absolute atomic E-state index is 5.99. The number of nitrogens with zero attached hydrogens (tertiary/aromatic N) is 2. The molecule has 0 saturated carbocycles. The average molecular weight is 279 g/mol. The molecular weight excluding hydrogens is 254 g/mol. The third-order valence-electron chi connectivity index (χ3n) is 4.51. The lowest BCUT2D eigenvalue weighted by Crippen LogP contribution is -2.45. The van der Waals surface area contributed by atoms with Gasteiger partial charge in [-0.25, -0.2) is 0 Å². The monoisotopic (exact) mass is 279 g/mol. The maximum Gasteiger partial charge on any atom is 0.0328 e. The molecule has 0 amide bonds. The lowest BCUT2D eigenvalue weighted by atomic mass is 10.0. The second kappa shape index (κ2) is 5.92. The molecule has 2 fully saturated rings. The van der Waals surface area contributed by atoms with Crippen molar-refractivity contribution in [1.82, 2.24) is 9.80 Å². The Labute approximate surface area is 120 Å². The second-order valence-electron chi connectivity index (χ2n) is 6.06. The molecule has 1 aromatic heterocycles. The van der Waals surface area contributed by atoms with Crippen molar-refractivity contribution in [2.45, 2.75) is 44.8 Å². The number of aryl methyl sites for hydroxylation is 1. The van der Waals surface area contributed by atoms with E-state index in [4.69, 9.17) is 5.73 Å². The predicted octanol–water partition coefficient (Wildman–Crippen LogP) is 2.05. The molecule has 1 aromatic rings. The van der Waals surface area contributed by atoms with Crippen LogP contribution >= 0.6 is 11.3 Å². The summed E-state index contributed by atoms with van der Waals surface area (Å²) in [7, 11) is 0. The highest BCUT2D eigenvalue weighted by Crippen LogP contribution is 2.23. The van der Waals surface area contributed by atoms with Crippen LogP contribution < -0.4 is 5.73 Å². The minimum absolute atomic E-state index is 0.447. The van der Waals surface area contributed by atoms with E-state index in [2.05, 4.69) is 28.9 Å². The van der Waals surface area contributed by atoms with E-state index in [9.17, 15) is 0 Å². The summed E-state index contributed by atoms with van der Waals surface area (Å²) in [5, 5.41) is 0.